The van der Waals surface area contributed by atoms with Gasteiger partial charge in [-0.3, -0.25) is 24.5 Å². The van der Waals surface area contributed by atoms with Gasteiger partial charge in [-0.05, 0) is 32.4 Å². The second-order valence-electron chi connectivity index (χ2n) is 6.04. The Labute approximate surface area is 143 Å². The molecule has 0 spiro atoms. The van der Waals surface area contributed by atoms with E-state index in [9.17, 15) is 4.79 Å². The van der Waals surface area contributed by atoms with Gasteiger partial charge in [-0.15, -0.1) is 0 Å². The minimum atomic E-state index is -0.137. The van der Waals surface area contributed by atoms with Crippen LogP contribution in [0.2, 0.25) is 0 Å². The first-order chi connectivity index (χ1) is 11.6. The minimum Gasteiger partial charge on any atom is -0.268 e. The molecule has 0 amide bonds. The molecule has 3 aromatic rings. The van der Waals surface area contributed by atoms with Gasteiger partial charge in [0.05, 0.1) is 26.9 Å². The molecule has 4 rings (SSSR count). The summed E-state index contributed by atoms with van der Waals surface area (Å²) in [6.45, 7) is 6.03. The second kappa shape index (κ2) is 5.59. The number of para-hydroxylation sites is 1. The molecule has 2 aromatic heterocycles. The van der Waals surface area contributed by atoms with Crippen LogP contribution in [0.5, 0.6) is 0 Å². The average Bonchev–Trinajstić information content (AvgIpc) is 2.90. The number of nitrogens with one attached hydrogen (secondary N) is 1. The van der Waals surface area contributed by atoms with Crippen molar-refractivity contribution in [3.8, 4) is 0 Å². The second-order valence-corrected chi connectivity index (χ2v) is 7.34. The third-order valence-electron chi connectivity index (χ3n) is 4.08. The van der Waals surface area contributed by atoms with E-state index in [0.29, 0.717) is 5.56 Å². The summed E-state index contributed by atoms with van der Waals surface area (Å²) in [6, 6.07) is 6.05. The predicted octanol–water partition coefficient (Wildman–Crippen LogP) is 3.59. The van der Waals surface area contributed by atoms with E-state index in [0.717, 1.165) is 27.5 Å². The van der Waals surface area contributed by atoms with Crippen molar-refractivity contribution >= 4 is 33.7 Å². The summed E-state index contributed by atoms with van der Waals surface area (Å²) in [6.07, 6.45) is 3.37. The Kier molecular flexibility index (Phi) is 3.53. The molecule has 6 nitrogen and oxygen atoms in total. The molecule has 0 saturated carbocycles. The van der Waals surface area contributed by atoms with Crippen molar-refractivity contribution in [1.29, 1.82) is 0 Å². The van der Waals surface area contributed by atoms with Crippen molar-refractivity contribution in [3.63, 3.8) is 0 Å². The molecule has 1 N–H and O–H groups in total. The zero-order valence-corrected chi connectivity index (χ0v) is 14.5. The molecule has 0 radical (unpaired) electrons. The Morgan fingerprint density at radius 1 is 1.25 bits per heavy atom. The number of hydrogen-bond donors (Lipinski definition) is 1. The zero-order valence-electron chi connectivity index (χ0n) is 13.6. The SMILES string of the molecule is CC1=Nc2c(c(=O)[nH]n2C(C)C)C(c2cccc3nccnc23)S1. The third-order valence-corrected chi connectivity index (χ3v) is 5.24. The fourth-order valence-electron chi connectivity index (χ4n) is 3.03. The fourth-order valence-corrected chi connectivity index (χ4v) is 4.16. The molecule has 0 aliphatic carbocycles. The molecule has 1 aliphatic rings. The third kappa shape index (κ3) is 2.27. The molecule has 1 unspecified atom stereocenters. The van der Waals surface area contributed by atoms with Crippen LogP contribution in [-0.2, 0) is 0 Å². The molecule has 24 heavy (non-hydrogen) atoms. The topological polar surface area (TPSA) is 75.9 Å². The monoisotopic (exact) mass is 339 g/mol. The summed E-state index contributed by atoms with van der Waals surface area (Å²) >= 11 is 1.59. The highest BCUT2D eigenvalue weighted by molar-refractivity contribution is 8.14. The minimum absolute atomic E-state index is 0.0895. The van der Waals surface area contributed by atoms with Gasteiger partial charge in [-0.25, -0.2) is 4.99 Å². The lowest BCUT2D eigenvalue weighted by Crippen LogP contribution is -2.14. The molecule has 0 bridgehead atoms. The van der Waals surface area contributed by atoms with Crippen LogP contribution in [0.25, 0.3) is 11.0 Å². The molecule has 1 aromatic carbocycles. The Hall–Kier alpha value is -2.41. The van der Waals surface area contributed by atoms with Crippen molar-refractivity contribution < 1.29 is 0 Å². The van der Waals surface area contributed by atoms with Crippen LogP contribution in [0.3, 0.4) is 0 Å². The van der Waals surface area contributed by atoms with Crippen LogP contribution in [0.15, 0.2) is 40.4 Å². The maximum absolute atomic E-state index is 12.6. The van der Waals surface area contributed by atoms with Crippen LogP contribution >= 0.6 is 11.8 Å². The van der Waals surface area contributed by atoms with Gasteiger partial charge in [0.1, 0.15) is 0 Å². The fraction of sp³-hybridized carbons (Fsp3) is 0.294. The van der Waals surface area contributed by atoms with Gasteiger partial charge in [0.2, 0.25) is 0 Å². The number of thioether (sulfide) groups is 1. The van der Waals surface area contributed by atoms with Gasteiger partial charge in [0.25, 0.3) is 5.56 Å². The molecular formula is C17H17N5OS. The van der Waals surface area contributed by atoms with E-state index >= 15 is 0 Å². The highest BCUT2D eigenvalue weighted by Gasteiger charge is 2.31. The van der Waals surface area contributed by atoms with Gasteiger partial charge in [0, 0.05) is 18.4 Å². The van der Waals surface area contributed by atoms with Gasteiger partial charge in [0.15, 0.2) is 5.82 Å². The lowest BCUT2D eigenvalue weighted by molar-refractivity contribution is 0.533. The Balaban J connectivity index is 1.99. The Bertz CT molecular complexity index is 1010. The van der Waals surface area contributed by atoms with Crippen LogP contribution < -0.4 is 5.56 Å². The summed E-state index contributed by atoms with van der Waals surface area (Å²) < 4.78 is 1.84. The number of aromatic nitrogens is 4. The summed E-state index contributed by atoms with van der Waals surface area (Å²) in [4.78, 5) is 26.1. The quantitative estimate of drug-likeness (QED) is 0.774. The highest BCUT2D eigenvalue weighted by atomic mass is 32.2. The summed E-state index contributed by atoms with van der Waals surface area (Å²) in [5.41, 5.74) is 3.26. The molecule has 7 heteroatoms. The number of rotatable bonds is 2. The van der Waals surface area contributed by atoms with Crippen molar-refractivity contribution in [2.45, 2.75) is 32.1 Å². The van der Waals surface area contributed by atoms with Gasteiger partial charge in [-0.2, -0.15) is 0 Å². The number of H-pyrrole nitrogens is 1. The van der Waals surface area contributed by atoms with E-state index in [1.807, 2.05) is 43.7 Å². The van der Waals surface area contributed by atoms with Crippen molar-refractivity contribution in [2.24, 2.45) is 4.99 Å². The van der Waals surface area contributed by atoms with E-state index < -0.39 is 0 Å². The van der Waals surface area contributed by atoms with Crippen LogP contribution in [0.4, 0.5) is 5.82 Å². The molecule has 1 aliphatic heterocycles. The zero-order chi connectivity index (χ0) is 16.8. The summed E-state index contributed by atoms with van der Waals surface area (Å²) in [5, 5.41) is 3.72. The number of hydrogen-bond acceptors (Lipinski definition) is 5. The van der Waals surface area contributed by atoms with E-state index in [1.165, 1.54) is 0 Å². The maximum atomic E-state index is 12.6. The van der Waals surface area contributed by atoms with Crippen molar-refractivity contribution in [1.82, 2.24) is 19.7 Å². The lowest BCUT2D eigenvalue weighted by atomic mass is 10.0. The van der Waals surface area contributed by atoms with Gasteiger partial charge < -0.3 is 0 Å². The Morgan fingerprint density at radius 2 is 2.04 bits per heavy atom. The van der Waals surface area contributed by atoms with E-state index in [4.69, 9.17) is 0 Å². The molecule has 0 saturated heterocycles. The smallest absolute Gasteiger partial charge is 0.268 e. The molecule has 1 atom stereocenters. The van der Waals surface area contributed by atoms with Crippen molar-refractivity contribution in [3.05, 3.63) is 52.1 Å². The molecule has 3 heterocycles. The lowest BCUT2D eigenvalue weighted by Gasteiger charge is -2.22. The maximum Gasteiger partial charge on any atom is 0.271 e. The predicted molar refractivity (Wildman–Crippen MR) is 97.2 cm³/mol. The van der Waals surface area contributed by atoms with Crippen LogP contribution in [0, 0.1) is 0 Å². The molecule has 122 valence electrons. The number of aromatic amines is 1. The van der Waals surface area contributed by atoms with E-state index in [-0.39, 0.29) is 16.9 Å². The standard InChI is InChI=1S/C17H17N5OS/c1-9(2)22-16-13(17(23)21-22)15(24-10(3)20-16)11-5-4-6-12-14(11)19-8-7-18-12/h4-9,15H,1-3H3,(H,21,23). The van der Waals surface area contributed by atoms with Crippen LogP contribution in [-0.4, -0.2) is 24.8 Å². The number of fused-ring (bicyclic) bond motifs is 2. The largest absolute Gasteiger partial charge is 0.271 e. The molecule has 0 fully saturated rings. The number of benzene rings is 1. The first-order valence-electron chi connectivity index (χ1n) is 7.82. The first kappa shape index (κ1) is 15.1. The van der Waals surface area contributed by atoms with Crippen molar-refractivity contribution in [2.75, 3.05) is 0 Å². The summed E-state index contributed by atoms with van der Waals surface area (Å²) in [7, 11) is 0. The Morgan fingerprint density at radius 3 is 2.83 bits per heavy atom. The number of nitrogens with zero attached hydrogens (tertiary/aromatic N) is 4. The average molecular weight is 339 g/mol. The molecular weight excluding hydrogens is 322 g/mol. The normalized spacial score (nSPS) is 17.2. The van der Waals surface area contributed by atoms with Gasteiger partial charge in [-0.1, -0.05) is 23.9 Å². The van der Waals surface area contributed by atoms with Crippen LogP contribution in [0.1, 0.15) is 43.2 Å². The van der Waals surface area contributed by atoms with E-state index in [1.54, 1.807) is 24.2 Å². The summed E-state index contributed by atoms with van der Waals surface area (Å²) in [5.74, 6) is 0.720. The van der Waals surface area contributed by atoms with Gasteiger partial charge >= 0.3 is 0 Å². The number of aliphatic imine (C=N–C) groups is 1. The highest BCUT2D eigenvalue weighted by Crippen LogP contribution is 2.45. The van der Waals surface area contributed by atoms with E-state index in [2.05, 4.69) is 20.1 Å². The first-order valence-corrected chi connectivity index (χ1v) is 8.70.